The molecule has 1 rings (SSSR count). The molecule has 1 aromatic heterocycles. The Morgan fingerprint density at radius 1 is 1.56 bits per heavy atom. The molecule has 1 aromatic rings. The Balaban J connectivity index is 3.06. The summed E-state index contributed by atoms with van der Waals surface area (Å²) in [6.07, 6.45) is 4.62. The Hall–Kier alpha value is -0.880. The SMILES string of the molecule is CCn1cc(C(N)C(C)(C)S(C)(=O)=O)cn1. The van der Waals surface area contributed by atoms with E-state index in [2.05, 4.69) is 5.10 Å². The summed E-state index contributed by atoms with van der Waals surface area (Å²) in [5.74, 6) is 0. The van der Waals surface area contributed by atoms with Crippen LogP contribution in [0.25, 0.3) is 0 Å². The highest BCUT2D eigenvalue weighted by Crippen LogP contribution is 2.29. The molecule has 5 nitrogen and oxygen atoms in total. The van der Waals surface area contributed by atoms with E-state index in [-0.39, 0.29) is 0 Å². The minimum absolute atomic E-state index is 0.567. The molecular weight excluding hydrogens is 226 g/mol. The molecule has 0 aromatic carbocycles. The van der Waals surface area contributed by atoms with Crippen molar-refractivity contribution in [3.8, 4) is 0 Å². The fourth-order valence-electron chi connectivity index (χ4n) is 1.35. The topological polar surface area (TPSA) is 78.0 Å². The van der Waals surface area contributed by atoms with E-state index < -0.39 is 20.6 Å². The molecule has 6 heteroatoms. The summed E-state index contributed by atoms with van der Waals surface area (Å²) in [5.41, 5.74) is 6.74. The summed E-state index contributed by atoms with van der Waals surface area (Å²) < 4.78 is 24.0. The zero-order valence-corrected chi connectivity index (χ0v) is 11.0. The van der Waals surface area contributed by atoms with Gasteiger partial charge in [-0.05, 0) is 20.8 Å². The largest absolute Gasteiger partial charge is 0.323 e. The van der Waals surface area contributed by atoms with Crippen molar-refractivity contribution in [2.24, 2.45) is 5.73 Å². The third kappa shape index (κ3) is 2.27. The van der Waals surface area contributed by atoms with Crippen molar-refractivity contribution in [3.63, 3.8) is 0 Å². The summed E-state index contributed by atoms with van der Waals surface area (Å²) in [6.45, 7) is 5.97. The van der Waals surface area contributed by atoms with E-state index in [0.717, 1.165) is 12.1 Å². The van der Waals surface area contributed by atoms with Crippen LogP contribution in [0.2, 0.25) is 0 Å². The van der Waals surface area contributed by atoms with Crippen molar-refractivity contribution >= 4 is 9.84 Å². The van der Waals surface area contributed by atoms with Crippen LogP contribution in [0, 0.1) is 0 Å². The van der Waals surface area contributed by atoms with E-state index in [9.17, 15) is 8.42 Å². The highest BCUT2D eigenvalue weighted by atomic mass is 32.2. The quantitative estimate of drug-likeness (QED) is 0.848. The number of hydrogen-bond acceptors (Lipinski definition) is 4. The van der Waals surface area contributed by atoms with E-state index >= 15 is 0 Å². The van der Waals surface area contributed by atoms with Crippen LogP contribution in [0.1, 0.15) is 32.4 Å². The number of aromatic nitrogens is 2. The first-order valence-corrected chi connectivity index (χ1v) is 7.06. The smallest absolute Gasteiger partial charge is 0.154 e. The van der Waals surface area contributed by atoms with E-state index in [1.165, 1.54) is 6.26 Å². The lowest BCUT2D eigenvalue weighted by Crippen LogP contribution is -2.42. The van der Waals surface area contributed by atoms with E-state index in [4.69, 9.17) is 5.73 Å². The van der Waals surface area contributed by atoms with Gasteiger partial charge in [0.05, 0.1) is 17.0 Å². The first kappa shape index (κ1) is 13.2. The molecule has 16 heavy (non-hydrogen) atoms. The number of rotatable bonds is 4. The maximum atomic E-state index is 11.6. The third-order valence-electron chi connectivity index (χ3n) is 3.04. The summed E-state index contributed by atoms with van der Waals surface area (Å²) >= 11 is 0. The van der Waals surface area contributed by atoms with E-state index in [1.807, 2.05) is 6.92 Å². The van der Waals surface area contributed by atoms with Crippen molar-refractivity contribution in [3.05, 3.63) is 18.0 Å². The Labute approximate surface area is 96.6 Å². The van der Waals surface area contributed by atoms with Crippen LogP contribution in [-0.2, 0) is 16.4 Å². The second-order valence-corrected chi connectivity index (χ2v) is 7.08. The number of sulfone groups is 1. The van der Waals surface area contributed by atoms with Crippen molar-refractivity contribution in [1.82, 2.24) is 9.78 Å². The Kier molecular flexibility index (Phi) is 3.44. The van der Waals surface area contributed by atoms with Crippen LogP contribution >= 0.6 is 0 Å². The van der Waals surface area contributed by atoms with Crippen molar-refractivity contribution in [2.75, 3.05) is 6.26 Å². The van der Waals surface area contributed by atoms with Gasteiger partial charge in [-0.15, -0.1) is 0 Å². The number of aryl methyl sites for hydroxylation is 1. The minimum atomic E-state index is -3.21. The number of hydrogen-bond donors (Lipinski definition) is 1. The Morgan fingerprint density at radius 2 is 2.12 bits per heavy atom. The lowest BCUT2D eigenvalue weighted by molar-refractivity contribution is 0.496. The average Bonchev–Trinajstić information content (AvgIpc) is 2.62. The van der Waals surface area contributed by atoms with Crippen LogP contribution in [0.5, 0.6) is 0 Å². The monoisotopic (exact) mass is 245 g/mol. The van der Waals surface area contributed by atoms with E-state index in [0.29, 0.717) is 0 Å². The van der Waals surface area contributed by atoms with Gasteiger partial charge in [-0.25, -0.2) is 8.42 Å². The van der Waals surface area contributed by atoms with Crippen LogP contribution in [0.15, 0.2) is 12.4 Å². The molecule has 2 N–H and O–H groups in total. The fourth-order valence-corrected chi connectivity index (χ4v) is 1.94. The van der Waals surface area contributed by atoms with Gasteiger partial charge in [-0.1, -0.05) is 0 Å². The molecule has 1 unspecified atom stereocenters. The van der Waals surface area contributed by atoms with Crippen molar-refractivity contribution in [1.29, 1.82) is 0 Å². The standard InChI is InChI=1S/C10H19N3O2S/c1-5-13-7-8(6-12-13)9(11)10(2,3)16(4,14)15/h6-7,9H,5,11H2,1-4H3. The highest BCUT2D eigenvalue weighted by molar-refractivity contribution is 7.92. The molecule has 92 valence electrons. The van der Waals surface area contributed by atoms with E-state index in [1.54, 1.807) is 30.9 Å². The third-order valence-corrected chi connectivity index (χ3v) is 5.21. The number of nitrogens with zero attached hydrogens (tertiary/aromatic N) is 2. The first-order valence-electron chi connectivity index (χ1n) is 5.17. The molecule has 0 bridgehead atoms. The van der Waals surface area contributed by atoms with Gasteiger partial charge >= 0.3 is 0 Å². The van der Waals surface area contributed by atoms with Gasteiger partial charge in [0.15, 0.2) is 9.84 Å². The molecule has 0 amide bonds. The van der Waals surface area contributed by atoms with Crippen molar-refractivity contribution in [2.45, 2.75) is 38.1 Å². The summed E-state index contributed by atoms with van der Waals surface area (Å²) in [7, 11) is -3.21. The zero-order valence-electron chi connectivity index (χ0n) is 10.1. The van der Waals surface area contributed by atoms with Gasteiger partial charge in [0.1, 0.15) is 0 Å². The highest BCUT2D eigenvalue weighted by Gasteiger charge is 2.38. The second-order valence-electron chi connectivity index (χ2n) is 4.48. The molecule has 0 saturated carbocycles. The summed E-state index contributed by atoms with van der Waals surface area (Å²) in [6, 6.07) is -0.567. The van der Waals surface area contributed by atoms with Gasteiger partial charge in [0.25, 0.3) is 0 Å². The van der Waals surface area contributed by atoms with Crippen LogP contribution in [0.4, 0.5) is 0 Å². The van der Waals surface area contributed by atoms with Gasteiger partial charge in [0, 0.05) is 24.6 Å². The minimum Gasteiger partial charge on any atom is -0.323 e. The molecule has 0 spiro atoms. The average molecular weight is 245 g/mol. The molecule has 0 aliphatic carbocycles. The molecule has 0 saturated heterocycles. The molecular formula is C10H19N3O2S. The maximum absolute atomic E-state index is 11.6. The Morgan fingerprint density at radius 3 is 2.50 bits per heavy atom. The van der Waals surface area contributed by atoms with Gasteiger partial charge in [-0.3, -0.25) is 4.68 Å². The molecule has 0 aliphatic rings. The maximum Gasteiger partial charge on any atom is 0.154 e. The van der Waals surface area contributed by atoms with Crippen molar-refractivity contribution < 1.29 is 8.42 Å². The van der Waals surface area contributed by atoms with Crippen LogP contribution in [-0.4, -0.2) is 29.2 Å². The second kappa shape index (κ2) is 4.18. The first-order chi connectivity index (χ1) is 7.20. The fraction of sp³-hybridized carbons (Fsp3) is 0.700. The lowest BCUT2D eigenvalue weighted by atomic mass is 9.99. The van der Waals surface area contributed by atoms with Gasteiger partial charge in [0.2, 0.25) is 0 Å². The normalized spacial score (nSPS) is 15.1. The summed E-state index contributed by atoms with van der Waals surface area (Å²) in [4.78, 5) is 0. The lowest BCUT2D eigenvalue weighted by Gasteiger charge is -2.28. The van der Waals surface area contributed by atoms with Gasteiger partial charge < -0.3 is 5.73 Å². The molecule has 1 heterocycles. The van der Waals surface area contributed by atoms with Gasteiger partial charge in [-0.2, -0.15) is 5.10 Å². The number of nitrogens with two attached hydrogens (primary N) is 1. The summed E-state index contributed by atoms with van der Waals surface area (Å²) in [5, 5.41) is 4.09. The molecule has 0 aliphatic heterocycles. The molecule has 1 atom stereocenters. The predicted molar refractivity (Wildman–Crippen MR) is 63.8 cm³/mol. The zero-order chi connectivity index (χ0) is 12.6. The Bertz CT molecular complexity index is 462. The van der Waals surface area contributed by atoms with Crippen LogP contribution < -0.4 is 5.73 Å². The molecule has 0 radical (unpaired) electrons. The van der Waals surface area contributed by atoms with Crippen LogP contribution in [0.3, 0.4) is 0 Å². The molecule has 0 fully saturated rings. The predicted octanol–water partition coefficient (Wildman–Crippen LogP) is 0.726.